The number of ether oxygens (including phenoxy) is 1. The number of rotatable bonds is 9. The number of aryl methyl sites for hydroxylation is 1. The zero-order valence-electron chi connectivity index (χ0n) is 18.0. The lowest BCUT2D eigenvalue weighted by Crippen LogP contribution is -2.26. The molecule has 3 rings (SSSR count). The van der Waals surface area contributed by atoms with Crippen LogP contribution in [0.3, 0.4) is 0 Å². The zero-order chi connectivity index (χ0) is 23.1. The summed E-state index contributed by atoms with van der Waals surface area (Å²) in [6.45, 7) is 2.01. The van der Waals surface area contributed by atoms with Crippen molar-refractivity contribution in [3.05, 3.63) is 65.2 Å². The second-order valence-electron chi connectivity index (χ2n) is 7.06. The molecule has 3 aromatic rings. The molecule has 32 heavy (non-hydrogen) atoms. The zero-order valence-corrected chi connectivity index (χ0v) is 18.8. The Morgan fingerprint density at radius 3 is 2.59 bits per heavy atom. The van der Waals surface area contributed by atoms with E-state index in [2.05, 4.69) is 20.8 Å². The molecule has 2 amide bonds. The molecule has 0 unspecified atom stereocenters. The Labute approximate surface area is 189 Å². The van der Waals surface area contributed by atoms with Gasteiger partial charge in [-0.2, -0.15) is 0 Å². The number of halogens is 1. The molecule has 8 nitrogen and oxygen atoms in total. The van der Waals surface area contributed by atoms with E-state index in [0.717, 1.165) is 16.9 Å². The van der Waals surface area contributed by atoms with E-state index >= 15 is 0 Å². The third-order valence-electron chi connectivity index (χ3n) is 4.70. The minimum atomic E-state index is -0.412. The molecule has 2 aromatic carbocycles. The largest absolute Gasteiger partial charge is 0.497 e. The molecule has 0 saturated carbocycles. The van der Waals surface area contributed by atoms with Gasteiger partial charge in [0.2, 0.25) is 11.8 Å². The van der Waals surface area contributed by atoms with Crippen LogP contribution in [0.1, 0.15) is 17.0 Å². The standard InChI is InChI=1S/C22H24FN5O3S/c1-14-4-7-16(23)11-18(14)25-21(30)13-32-22-27-26-19(28(22)2)12-24-20(29)10-15-5-8-17(31-3)9-6-15/h4-9,11H,10,12-13H2,1-3H3,(H,24,29)(H,25,30). The van der Waals surface area contributed by atoms with E-state index in [4.69, 9.17) is 4.74 Å². The number of nitrogens with one attached hydrogen (secondary N) is 2. The number of aromatic nitrogens is 3. The summed E-state index contributed by atoms with van der Waals surface area (Å²) in [5.41, 5.74) is 2.09. The maximum atomic E-state index is 13.4. The molecule has 2 N–H and O–H groups in total. The predicted octanol–water partition coefficient (Wildman–Crippen LogP) is 2.86. The van der Waals surface area contributed by atoms with Gasteiger partial charge in [0.15, 0.2) is 11.0 Å². The van der Waals surface area contributed by atoms with Crippen LogP contribution in [0.4, 0.5) is 10.1 Å². The lowest BCUT2D eigenvalue weighted by molar-refractivity contribution is -0.120. The van der Waals surface area contributed by atoms with Gasteiger partial charge >= 0.3 is 0 Å². The van der Waals surface area contributed by atoms with Crippen LogP contribution in [-0.2, 0) is 29.6 Å². The minimum Gasteiger partial charge on any atom is -0.497 e. The van der Waals surface area contributed by atoms with Crippen LogP contribution in [0.15, 0.2) is 47.6 Å². The average molecular weight is 458 g/mol. The SMILES string of the molecule is COc1ccc(CC(=O)NCc2nnc(SCC(=O)Nc3cc(F)ccc3C)n2C)cc1. The average Bonchev–Trinajstić information content (AvgIpc) is 3.13. The second-order valence-corrected chi connectivity index (χ2v) is 8.00. The van der Waals surface area contributed by atoms with Gasteiger partial charge in [0.05, 0.1) is 25.8 Å². The number of carbonyl (C=O) groups excluding carboxylic acids is 2. The van der Waals surface area contributed by atoms with Gasteiger partial charge < -0.3 is 19.9 Å². The normalized spacial score (nSPS) is 10.6. The van der Waals surface area contributed by atoms with Crippen molar-refractivity contribution in [3.8, 4) is 5.75 Å². The molecule has 0 aliphatic carbocycles. The van der Waals surface area contributed by atoms with Gasteiger partial charge in [-0.05, 0) is 42.3 Å². The summed E-state index contributed by atoms with van der Waals surface area (Å²) in [6.07, 6.45) is 0.239. The highest BCUT2D eigenvalue weighted by Crippen LogP contribution is 2.19. The van der Waals surface area contributed by atoms with Crippen LogP contribution in [0.25, 0.3) is 0 Å². The fourth-order valence-corrected chi connectivity index (χ4v) is 3.57. The van der Waals surface area contributed by atoms with E-state index < -0.39 is 5.82 Å². The van der Waals surface area contributed by atoms with Crippen LogP contribution in [-0.4, -0.2) is 39.4 Å². The molecule has 10 heteroatoms. The van der Waals surface area contributed by atoms with Gasteiger partial charge in [-0.1, -0.05) is 30.0 Å². The van der Waals surface area contributed by atoms with Crippen molar-refractivity contribution in [2.75, 3.05) is 18.2 Å². The first kappa shape index (κ1) is 23.3. The molecule has 0 atom stereocenters. The summed E-state index contributed by atoms with van der Waals surface area (Å²) in [7, 11) is 3.36. The topological polar surface area (TPSA) is 98.1 Å². The van der Waals surface area contributed by atoms with Gasteiger partial charge in [0, 0.05) is 12.7 Å². The van der Waals surface area contributed by atoms with E-state index in [1.807, 2.05) is 12.1 Å². The number of benzene rings is 2. The van der Waals surface area contributed by atoms with Crippen LogP contribution in [0.5, 0.6) is 5.75 Å². The fraction of sp³-hybridized carbons (Fsp3) is 0.273. The van der Waals surface area contributed by atoms with Gasteiger partial charge in [-0.25, -0.2) is 4.39 Å². The molecule has 168 valence electrons. The third kappa shape index (κ3) is 6.30. The van der Waals surface area contributed by atoms with Crippen LogP contribution in [0, 0.1) is 12.7 Å². The Morgan fingerprint density at radius 2 is 1.88 bits per heavy atom. The van der Waals surface area contributed by atoms with Gasteiger partial charge in [-0.3, -0.25) is 9.59 Å². The fourth-order valence-electron chi connectivity index (χ4n) is 2.84. The van der Waals surface area contributed by atoms with E-state index in [9.17, 15) is 14.0 Å². The molecule has 0 spiro atoms. The Morgan fingerprint density at radius 1 is 1.12 bits per heavy atom. The molecular formula is C22H24FN5O3S. The Bertz CT molecular complexity index is 1100. The molecule has 0 saturated heterocycles. The molecule has 1 heterocycles. The van der Waals surface area contributed by atoms with Gasteiger partial charge in [0.1, 0.15) is 11.6 Å². The third-order valence-corrected chi connectivity index (χ3v) is 5.72. The number of amides is 2. The van der Waals surface area contributed by atoms with Crippen LogP contribution < -0.4 is 15.4 Å². The Balaban J connectivity index is 1.48. The molecule has 0 fully saturated rings. The summed E-state index contributed by atoms with van der Waals surface area (Å²) in [6, 6.07) is 11.5. The smallest absolute Gasteiger partial charge is 0.234 e. The lowest BCUT2D eigenvalue weighted by Gasteiger charge is -2.08. The lowest BCUT2D eigenvalue weighted by atomic mass is 10.1. The van der Waals surface area contributed by atoms with Crippen LogP contribution >= 0.6 is 11.8 Å². The molecule has 1 aromatic heterocycles. The number of thioether (sulfide) groups is 1. The number of hydrogen-bond acceptors (Lipinski definition) is 6. The summed E-state index contributed by atoms with van der Waals surface area (Å²) in [5, 5.41) is 14.2. The molecule has 0 aliphatic rings. The summed E-state index contributed by atoms with van der Waals surface area (Å²) in [5.74, 6) is 0.560. The first-order valence-electron chi connectivity index (χ1n) is 9.82. The predicted molar refractivity (Wildman–Crippen MR) is 120 cm³/mol. The van der Waals surface area contributed by atoms with Gasteiger partial charge in [-0.15, -0.1) is 10.2 Å². The second kappa shape index (κ2) is 10.8. The quantitative estimate of drug-likeness (QED) is 0.480. The summed E-state index contributed by atoms with van der Waals surface area (Å²) < 4.78 is 20.2. The molecule has 0 bridgehead atoms. The summed E-state index contributed by atoms with van der Waals surface area (Å²) in [4.78, 5) is 24.4. The number of anilines is 1. The molecule has 0 radical (unpaired) electrons. The minimum absolute atomic E-state index is 0.0890. The van der Waals surface area contributed by atoms with E-state index in [0.29, 0.717) is 16.7 Å². The van der Waals surface area contributed by atoms with E-state index in [1.165, 1.54) is 23.9 Å². The van der Waals surface area contributed by atoms with E-state index in [-0.39, 0.29) is 30.5 Å². The van der Waals surface area contributed by atoms with Gasteiger partial charge in [0.25, 0.3) is 0 Å². The van der Waals surface area contributed by atoms with Crippen molar-refractivity contribution in [2.24, 2.45) is 7.05 Å². The molecule has 0 aliphatic heterocycles. The van der Waals surface area contributed by atoms with Crippen molar-refractivity contribution < 1.29 is 18.7 Å². The van der Waals surface area contributed by atoms with Crippen molar-refractivity contribution in [1.82, 2.24) is 20.1 Å². The van der Waals surface area contributed by atoms with Crippen molar-refractivity contribution in [2.45, 2.75) is 25.0 Å². The highest BCUT2D eigenvalue weighted by molar-refractivity contribution is 7.99. The first-order chi connectivity index (χ1) is 15.4. The summed E-state index contributed by atoms with van der Waals surface area (Å²) >= 11 is 1.20. The highest BCUT2D eigenvalue weighted by Gasteiger charge is 2.13. The van der Waals surface area contributed by atoms with Crippen molar-refractivity contribution in [1.29, 1.82) is 0 Å². The van der Waals surface area contributed by atoms with Crippen molar-refractivity contribution >= 4 is 29.3 Å². The Hall–Kier alpha value is -3.40. The number of carbonyl (C=O) groups is 2. The van der Waals surface area contributed by atoms with Crippen LogP contribution in [0.2, 0.25) is 0 Å². The molecular weight excluding hydrogens is 433 g/mol. The number of methoxy groups -OCH3 is 1. The first-order valence-corrected chi connectivity index (χ1v) is 10.8. The monoisotopic (exact) mass is 457 g/mol. The Kier molecular flexibility index (Phi) is 7.82. The van der Waals surface area contributed by atoms with E-state index in [1.54, 1.807) is 43.8 Å². The number of hydrogen-bond donors (Lipinski definition) is 2. The van der Waals surface area contributed by atoms with Crippen molar-refractivity contribution in [3.63, 3.8) is 0 Å². The number of nitrogens with zero attached hydrogens (tertiary/aromatic N) is 3. The maximum Gasteiger partial charge on any atom is 0.234 e. The maximum absolute atomic E-state index is 13.4. The highest BCUT2D eigenvalue weighted by atomic mass is 32.2.